The van der Waals surface area contributed by atoms with Crippen LogP contribution < -0.4 is 0 Å². The van der Waals surface area contributed by atoms with E-state index in [-0.39, 0.29) is 17.1 Å². The van der Waals surface area contributed by atoms with E-state index in [1.54, 1.807) is 6.08 Å². The summed E-state index contributed by atoms with van der Waals surface area (Å²) in [6.45, 7) is 8.42. The van der Waals surface area contributed by atoms with Gasteiger partial charge in [0.2, 0.25) is 0 Å². The molecule has 0 radical (unpaired) electrons. The van der Waals surface area contributed by atoms with Crippen LogP contribution in [0.3, 0.4) is 0 Å². The highest BCUT2D eigenvalue weighted by molar-refractivity contribution is 5.27. The number of aliphatic hydroxyl groups excluding tert-OH is 1. The Labute approximate surface area is 98.0 Å². The molecule has 1 fully saturated rings. The molecule has 0 aromatic rings. The van der Waals surface area contributed by atoms with Gasteiger partial charge < -0.3 is 9.84 Å². The van der Waals surface area contributed by atoms with Gasteiger partial charge in [-0.15, -0.1) is 0 Å². The average molecular weight is 222 g/mol. The van der Waals surface area contributed by atoms with Gasteiger partial charge in [-0.25, -0.2) is 0 Å². The summed E-state index contributed by atoms with van der Waals surface area (Å²) in [5.41, 5.74) is -0.182. The fourth-order valence-electron chi connectivity index (χ4n) is 2.44. The monoisotopic (exact) mass is 222 g/mol. The van der Waals surface area contributed by atoms with Crippen LogP contribution in [0.2, 0.25) is 0 Å². The van der Waals surface area contributed by atoms with E-state index in [0.29, 0.717) is 11.7 Å². The second-order valence-corrected chi connectivity index (χ2v) is 6.22. The van der Waals surface area contributed by atoms with Crippen LogP contribution in [0.4, 0.5) is 0 Å². The van der Waals surface area contributed by atoms with Crippen molar-refractivity contribution in [2.75, 3.05) is 0 Å². The SMILES string of the molecule is CC(C)(C)OC1C=CC(O)=CC1(C)C1CC1. The second kappa shape index (κ2) is 3.63. The van der Waals surface area contributed by atoms with Crippen LogP contribution in [-0.4, -0.2) is 16.8 Å². The van der Waals surface area contributed by atoms with Crippen LogP contribution in [0.5, 0.6) is 0 Å². The van der Waals surface area contributed by atoms with E-state index in [2.05, 4.69) is 27.7 Å². The van der Waals surface area contributed by atoms with Gasteiger partial charge in [0.25, 0.3) is 0 Å². The maximum atomic E-state index is 9.66. The van der Waals surface area contributed by atoms with E-state index in [1.165, 1.54) is 12.8 Å². The van der Waals surface area contributed by atoms with E-state index < -0.39 is 0 Å². The molecule has 0 heterocycles. The Morgan fingerprint density at radius 3 is 2.50 bits per heavy atom. The molecular weight excluding hydrogens is 200 g/mol. The molecule has 2 atom stereocenters. The lowest BCUT2D eigenvalue weighted by Gasteiger charge is -2.39. The lowest BCUT2D eigenvalue weighted by molar-refractivity contribution is -0.0842. The number of rotatable bonds is 2. The first kappa shape index (κ1) is 11.7. The van der Waals surface area contributed by atoms with Crippen molar-refractivity contribution in [3.63, 3.8) is 0 Å². The maximum Gasteiger partial charge on any atom is 0.112 e. The first-order valence-corrected chi connectivity index (χ1v) is 6.09. The van der Waals surface area contributed by atoms with Gasteiger partial charge in [-0.05, 0) is 51.7 Å². The number of aliphatic hydroxyl groups is 1. The summed E-state index contributed by atoms with van der Waals surface area (Å²) >= 11 is 0. The second-order valence-electron chi connectivity index (χ2n) is 6.22. The van der Waals surface area contributed by atoms with Gasteiger partial charge in [0, 0.05) is 5.41 Å². The molecule has 2 heteroatoms. The highest BCUT2D eigenvalue weighted by Crippen LogP contribution is 2.51. The maximum absolute atomic E-state index is 9.66. The quantitative estimate of drug-likeness (QED) is 0.773. The highest BCUT2D eigenvalue weighted by atomic mass is 16.5. The molecule has 16 heavy (non-hydrogen) atoms. The fourth-order valence-corrected chi connectivity index (χ4v) is 2.44. The van der Waals surface area contributed by atoms with Gasteiger partial charge in [-0.3, -0.25) is 0 Å². The molecule has 0 aromatic heterocycles. The standard InChI is InChI=1S/C14H22O2/c1-13(2,3)16-12-8-7-11(15)9-14(12,4)10-5-6-10/h7-10,12,15H,5-6H2,1-4H3. The van der Waals surface area contributed by atoms with Crippen molar-refractivity contribution >= 4 is 0 Å². The van der Waals surface area contributed by atoms with Crippen molar-refractivity contribution in [3.8, 4) is 0 Å². The third-order valence-electron chi connectivity index (χ3n) is 3.45. The van der Waals surface area contributed by atoms with Gasteiger partial charge in [-0.1, -0.05) is 13.0 Å². The molecule has 0 spiro atoms. The zero-order chi connectivity index (χ0) is 12.0. The first-order valence-electron chi connectivity index (χ1n) is 6.09. The van der Waals surface area contributed by atoms with Crippen LogP contribution in [0, 0.1) is 11.3 Å². The van der Waals surface area contributed by atoms with Gasteiger partial charge >= 0.3 is 0 Å². The first-order chi connectivity index (χ1) is 7.31. The molecule has 2 nitrogen and oxygen atoms in total. The van der Waals surface area contributed by atoms with Gasteiger partial charge in [0.15, 0.2) is 0 Å². The smallest absolute Gasteiger partial charge is 0.112 e. The summed E-state index contributed by atoms with van der Waals surface area (Å²) in [7, 11) is 0. The lowest BCUT2D eigenvalue weighted by atomic mass is 9.76. The van der Waals surface area contributed by atoms with E-state index in [1.807, 2.05) is 12.2 Å². The molecule has 1 saturated carbocycles. The third-order valence-corrected chi connectivity index (χ3v) is 3.45. The van der Waals surface area contributed by atoms with Gasteiger partial charge in [0.05, 0.1) is 11.7 Å². The van der Waals surface area contributed by atoms with E-state index in [4.69, 9.17) is 4.74 Å². The Hall–Kier alpha value is -0.760. The molecule has 2 rings (SSSR count). The molecule has 2 aliphatic carbocycles. The predicted octanol–water partition coefficient (Wildman–Crippen LogP) is 3.60. The molecule has 0 saturated heterocycles. The van der Waals surface area contributed by atoms with Gasteiger partial charge in [-0.2, -0.15) is 0 Å². The van der Waals surface area contributed by atoms with E-state index in [9.17, 15) is 5.11 Å². The Bertz CT molecular complexity index is 331. The minimum absolute atomic E-state index is 0.0356. The molecule has 0 amide bonds. The fraction of sp³-hybridized carbons (Fsp3) is 0.714. The topological polar surface area (TPSA) is 29.5 Å². The molecule has 1 N–H and O–H groups in total. The van der Waals surface area contributed by atoms with Crippen molar-refractivity contribution in [2.45, 2.75) is 52.2 Å². The number of allylic oxidation sites excluding steroid dienone is 1. The van der Waals surface area contributed by atoms with Crippen molar-refractivity contribution in [1.29, 1.82) is 0 Å². The number of hydrogen-bond donors (Lipinski definition) is 1. The summed E-state index contributed by atoms with van der Waals surface area (Å²) in [5, 5.41) is 9.66. The van der Waals surface area contributed by atoms with Crippen LogP contribution >= 0.6 is 0 Å². The van der Waals surface area contributed by atoms with E-state index >= 15 is 0 Å². The summed E-state index contributed by atoms with van der Waals surface area (Å²) < 4.78 is 6.10. The van der Waals surface area contributed by atoms with E-state index in [0.717, 1.165) is 0 Å². The van der Waals surface area contributed by atoms with Crippen molar-refractivity contribution < 1.29 is 9.84 Å². The van der Waals surface area contributed by atoms with Crippen LogP contribution in [-0.2, 0) is 4.74 Å². The molecule has 0 aliphatic heterocycles. The zero-order valence-electron chi connectivity index (χ0n) is 10.7. The van der Waals surface area contributed by atoms with Crippen molar-refractivity contribution in [1.82, 2.24) is 0 Å². The largest absolute Gasteiger partial charge is 0.508 e. The van der Waals surface area contributed by atoms with Crippen molar-refractivity contribution in [2.24, 2.45) is 11.3 Å². The normalized spacial score (nSPS) is 35.0. The lowest BCUT2D eigenvalue weighted by Crippen LogP contribution is -2.40. The highest BCUT2D eigenvalue weighted by Gasteiger charge is 2.47. The third kappa shape index (κ3) is 2.32. The average Bonchev–Trinajstić information content (AvgIpc) is 2.90. The summed E-state index contributed by atoms with van der Waals surface area (Å²) in [6, 6.07) is 0. The molecule has 2 aliphatic rings. The van der Waals surface area contributed by atoms with Crippen LogP contribution in [0.25, 0.3) is 0 Å². The summed E-state index contributed by atoms with van der Waals surface area (Å²) in [4.78, 5) is 0. The molecule has 2 unspecified atom stereocenters. The Morgan fingerprint density at radius 1 is 1.38 bits per heavy atom. The Balaban J connectivity index is 2.20. The van der Waals surface area contributed by atoms with Crippen LogP contribution in [0.15, 0.2) is 24.0 Å². The minimum Gasteiger partial charge on any atom is -0.508 e. The summed E-state index contributed by atoms with van der Waals surface area (Å²) in [5.74, 6) is 1.04. The minimum atomic E-state index is -0.147. The molecule has 90 valence electrons. The molecular formula is C14H22O2. The number of hydrogen-bond acceptors (Lipinski definition) is 2. The molecule has 0 bridgehead atoms. The van der Waals surface area contributed by atoms with Crippen molar-refractivity contribution in [3.05, 3.63) is 24.0 Å². The predicted molar refractivity (Wildman–Crippen MR) is 65.3 cm³/mol. The summed E-state index contributed by atoms with van der Waals surface area (Å²) in [6.07, 6.45) is 8.30. The number of ether oxygens (including phenoxy) is 1. The Kier molecular flexibility index (Phi) is 2.66. The Morgan fingerprint density at radius 2 is 2.00 bits per heavy atom. The molecule has 0 aromatic carbocycles. The van der Waals surface area contributed by atoms with Gasteiger partial charge in [0.1, 0.15) is 5.76 Å². The van der Waals surface area contributed by atoms with Crippen LogP contribution in [0.1, 0.15) is 40.5 Å². The zero-order valence-corrected chi connectivity index (χ0v) is 10.7.